The van der Waals surface area contributed by atoms with Crippen molar-refractivity contribution in [1.29, 1.82) is 0 Å². The number of nitrogens with zero attached hydrogens (tertiary/aromatic N) is 2. The Balaban J connectivity index is 2.24. The monoisotopic (exact) mass is 289 g/mol. The van der Waals surface area contributed by atoms with Crippen LogP contribution in [-0.4, -0.2) is 26.1 Å². The van der Waals surface area contributed by atoms with E-state index in [1.807, 2.05) is 0 Å². The average molecular weight is 289 g/mol. The molecule has 1 fully saturated rings. The number of imidazole rings is 1. The Kier molecular flexibility index (Phi) is 3.13. The zero-order chi connectivity index (χ0) is 15.1. The molecule has 1 unspecified atom stereocenters. The third-order valence-electron chi connectivity index (χ3n) is 3.88. The van der Waals surface area contributed by atoms with Crippen molar-refractivity contribution in [3.8, 4) is 0 Å². The number of nitrogens with one attached hydrogen (secondary N) is 1. The lowest BCUT2D eigenvalue weighted by molar-refractivity contribution is -0.135. The summed E-state index contributed by atoms with van der Waals surface area (Å²) < 4.78 is 2.82. The van der Waals surface area contributed by atoms with Gasteiger partial charge in [0.05, 0.1) is 17.6 Å². The highest BCUT2D eigenvalue weighted by Gasteiger charge is 2.31. The summed E-state index contributed by atoms with van der Waals surface area (Å²) in [5, 5.41) is 11.7. The van der Waals surface area contributed by atoms with E-state index < -0.39 is 11.9 Å². The van der Waals surface area contributed by atoms with Crippen molar-refractivity contribution in [2.75, 3.05) is 0 Å². The first-order valence-electron chi connectivity index (χ1n) is 6.68. The molecule has 7 heteroatoms. The van der Waals surface area contributed by atoms with Gasteiger partial charge in [0.2, 0.25) is 11.8 Å². The number of benzene rings is 1. The number of para-hydroxylation sites is 1. The number of hydrogen-bond donors (Lipinski definition) is 2. The standard InChI is InChI=1S/C14H15N3O4/c1-16-12-8(7-18)3-2-4-9(12)17(14(16)21)10-5-6-11(19)15-13(10)20/h2-4,10,18H,5-7H2,1H3,(H,15,19,20). The Hall–Kier alpha value is -2.41. The highest BCUT2D eigenvalue weighted by atomic mass is 16.3. The van der Waals surface area contributed by atoms with Crippen LogP contribution in [0.4, 0.5) is 0 Å². The van der Waals surface area contributed by atoms with Crippen LogP contribution < -0.4 is 11.0 Å². The fraction of sp³-hybridized carbons (Fsp3) is 0.357. The molecule has 0 aliphatic carbocycles. The second-order valence-corrected chi connectivity index (χ2v) is 5.12. The van der Waals surface area contributed by atoms with Gasteiger partial charge in [0, 0.05) is 19.0 Å². The number of piperidine rings is 1. The van der Waals surface area contributed by atoms with E-state index in [1.54, 1.807) is 25.2 Å². The van der Waals surface area contributed by atoms with Crippen molar-refractivity contribution >= 4 is 22.8 Å². The number of rotatable bonds is 2. The first-order chi connectivity index (χ1) is 10.0. The smallest absolute Gasteiger partial charge is 0.329 e. The molecule has 110 valence electrons. The van der Waals surface area contributed by atoms with E-state index >= 15 is 0 Å². The van der Waals surface area contributed by atoms with Gasteiger partial charge in [-0.1, -0.05) is 12.1 Å². The van der Waals surface area contributed by atoms with Gasteiger partial charge in [0.15, 0.2) is 0 Å². The Morgan fingerprint density at radius 3 is 2.76 bits per heavy atom. The predicted octanol–water partition coefficient (Wildman–Crippen LogP) is -0.190. The van der Waals surface area contributed by atoms with Gasteiger partial charge in [0.1, 0.15) is 6.04 Å². The van der Waals surface area contributed by atoms with Crippen LogP contribution in [0.1, 0.15) is 24.4 Å². The van der Waals surface area contributed by atoms with Crippen molar-refractivity contribution < 1.29 is 14.7 Å². The Morgan fingerprint density at radius 1 is 1.33 bits per heavy atom. The van der Waals surface area contributed by atoms with Crippen LogP contribution in [0.5, 0.6) is 0 Å². The van der Waals surface area contributed by atoms with Crippen LogP contribution in [0.2, 0.25) is 0 Å². The minimum atomic E-state index is -0.701. The van der Waals surface area contributed by atoms with Crippen molar-refractivity contribution in [3.63, 3.8) is 0 Å². The maximum atomic E-state index is 12.5. The number of aliphatic hydroxyl groups is 1. The molecule has 1 saturated heterocycles. The third-order valence-corrected chi connectivity index (χ3v) is 3.88. The Bertz CT molecular complexity index is 802. The molecule has 0 spiro atoms. The molecule has 2 aromatic rings. The number of imide groups is 1. The lowest BCUT2D eigenvalue weighted by Gasteiger charge is -2.21. The molecule has 0 saturated carbocycles. The number of aliphatic hydroxyl groups excluding tert-OH is 1. The minimum absolute atomic E-state index is 0.190. The highest BCUT2D eigenvalue weighted by molar-refractivity contribution is 6.00. The molecular formula is C14H15N3O4. The quantitative estimate of drug-likeness (QED) is 0.749. The van der Waals surface area contributed by atoms with Gasteiger partial charge in [-0.3, -0.25) is 24.0 Å². The summed E-state index contributed by atoms with van der Waals surface area (Å²) in [6, 6.07) is 4.50. The van der Waals surface area contributed by atoms with Crippen LogP contribution in [0, 0.1) is 0 Å². The average Bonchev–Trinajstić information content (AvgIpc) is 2.72. The van der Waals surface area contributed by atoms with Crippen molar-refractivity contribution in [2.24, 2.45) is 7.05 Å². The number of aromatic nitrogens is 2. The number of carbonyl (C=O) groups excluding carboxylic acids is 2. The van der Waals surface area contributed by atoms with Gasteiger partial charge in [-0.05, 0) is 12.5 Å². The normalized spacial score (nSPS) is 19.0. The number of hydrogen-bond acceptors (Lipinski definition) is 4. The van der Waals surface area contributed by atoms with Gasteiger partial charge in [-0.2, -0.15) is 0 Å². The molecule has 7 nitrogen and oxygen atoms in total. The summed E-state index contributed by atoms with van der Waals surface area (Å²) in [7, 11) is 1.60. The molecule has 1 aromatic heterocycles. The lowest BCUT2D eigenvalue weighted by Crippen LogP contribution is -2.44. The summed E-state index contributed by atoms with van der Waals surface area (Å²) in [6.07, 6.45) is 0.506. The summed E-state index contributed by atoms with van der Waals surface area (Å²) in [5.41, 5.74) is 1.48. The number of carbonyl (C=O) groups is 2. The molecule has 1 aliphatic heterocycles. The molecule has 21 heavy (non-hydrogen) atoms. The maximum absolute atomic E-state index is 12.5. The van der Waals surface area contributed by atoms with Crippen LogP contribution in [0.25, 0.3) is 11.0 Å². The topological polar surface area (TPSA) is 93.3 Å². The Labute approximate surface area is 119 Å². The summed E-state index contributed by atoms with van der Waals surface area (Å²) in [4.78, 5) is 35.7. The van der Waals surface area contributed by atoms with E-state index in [0.29, 0.717) is 23.0 Å². The summed E-state index contributed by atoms with van der Waals surface area (Å²) in [5.74, 6) is -0.782. The third kappa shape index (κ3) is 1.97. The van der Waals surface area contributed by atoms with Crippen molar-refractivity contribution in [1.82, 2.24) is 14.5 Å². The summed E-state index contributed by atoms with van der Waals surface area (Å²) in [6.45, 7) is -0.190. The Morgan fingerprint density at radius 2 is 2.10 bits per heavy atom. The molecule has 1 aromatic carbocycles. The van der Waals surface area contributed by atoms with E-state index in [4.69, 9.17) is 0 Å². The molecule has 3 rings (SSSR count). The van der Waals surface area contributed by atoms with Crippen LogP contribution in [0.15, 0.2) is 23.0 Å². The van der Waals surface area contributed by atoms with Gasteiger partial charge in [0.25, 0.3) is 0 Å². The molecule has 2 N–H and O–H groups in total. The molecular weight excluding hydrogens is 274 g/mol. The van der Waals surface area contributed by atoms with Gasteiger partial charge < -0.3 is 5.11 Å². The zero-order valence-electron chi connectivity index (χ0n) is 11.5. The second-order valence-electron chi connectivity index (χ2n) is 5.12. The minimum Gasteiger partial charge on any atom is -0.392 e. The van der Waals surface area contributed by atoms with E-state index in [0.717, 1.165) is 0 Å². The van der Waals surface area contributed by atoms with Crippen LogP contribution >= 0.6 is 0 Å². The maximum Gasteiger partial charge on any atom is 0.329 e. The predicted molar refractivity (Wildman–Crippen MR) is 74.5 cm³/mol. The number of aryl methyl sites for hydroxylation is 1. The van der Waals surface area contributed by atoms with Crippen molar-refractivity contribution in [2.45, 2.75) is 25.5 Å². The second kappa shape index (κ2) is 4.85. The van der Waals surface area contributed by atoms with E-state index in [-0.39, 0.29) is 24.6 Å². The fourth-order valence-electron chi connectivity index (χ4n) is 2.88. The molecule has 2 amide bonds. The molecule has 0 bridgehead atoms. The molecule has 1 aliphatic rings. The van der Waals surface area contributed by atoms with Gasteiger partial charge >= 0.3 is 5.69 Å². The van der Waals surface area contributed by atoms with Gasteiger partial charge in [-0.25, -0.2) is 4.79 Å². The SMILES string of the molecule is Cn1c(=O)n(C2CCC(=O)NC2=O)c2cccc(CO)c21. The molecule has 1 atom stereocenters. The largest absolute Gasteiger partial charge is 0.392 e. The molecule has 0 radical (unpaired) electrons. The van der Waals surface area contributed by atoms with Gasteiger partial charge in [-0.15, -0.1) is 0 Å². The lowest BCUT2D eigenvalue weighted by atomic mass is 10.1. The van der Waals surface area contributed by atoms with Crippen LogP contribution in [0.3, 0.4) is 0 Å². The first kappa shape index (κ1) is 13.6. The van der Waals surface area contributed by atoms with Crippen LogP contribution in [-0.2, 0) is 23.2 Å². The first-order valence-corrected chi connectivity index (χ1v) is 6.68. The number of fused-ring (bicyclic) bond motifs is 1. The molecule has 2 heterocycles. The van der Waals surface area contributed by atoms with E-state index in [2.05, 4.69) is 5.32 Å². The highest BCUT2D eigenvalue weighted by Crippen LogP contribution is 2.24. The number of amides is 2. The fourth-order valence-corrected chi connectivity index (χ4v) is 2.88. The summed E-state index contributed by atoms with van der Waals surface area (Å²) >= 11 is 0. The van der Waals surface area contributed by atoms with E-state index in [9.17, 15) is 19.5 Å². The zero-order valence-corrected chi connectivity index (χ0v) is 11.5. The van der Waals surface area contributed by atoms with E-state index in [1.165, 1.54) is 9.13 Å². The van der Waals surface area contributed by atoms with Crippen molar-refractivity contribution in [3.05, 3.63) is 34.2 Å².